The summed E-state index contributed by atoms with van der Waals surface area (Å²) in [6, 6.07) is 0. The van der Waals surface area contributed by atoms with Gasteiger partial charge in [0.15, 0.2) is 0 Å². The molecule has 0 aromatic heterocycles. The fourth-order valence-corrected chi connectivity index (χ4v) is 1.64. The third kappa shape index (κ3) is 2.73. The van der Waals surface area contributed by atoms with Gasteiger partial charge in [-0.1, -0.05) is 0 Å². The van der Waals surface area contributed by atoms with E-state index in [4.69, 9.17) is 5.73 Å². The van der Waals surface area contributed by atoms with Gasteiger partial charge in [-0.2, -0.15) is 0 Å². The summed E-state index contributed by atoms with van der Waals surface area (Å²) in [4.78, 5) is 36.3. The lowest BCUT2D eigenvalue weighted by Gasteiger charge is -2.40. The molecular formula is C10H18N4O3. The van der Waals surface area contributed by atoms with Crippen molar-refractivity contribution in [2.45, 2.75) is 19.4 Å². The summed E-state index contributed by atoms with van der Waals surface area (Å²) in [6.45, 7) is 4.41. The molecule has 1 rings (SSSR count). The van der Waals surface area contributed by atoms with Gasteiger partial charge in [-0.15, -0.1) is 0 Å². The smallest absolute Gasteiger partial charge is 0.312 e. The van der Waals surface area contributed by atoms with Crippen molar-refractivity contribution in [3.8, 4) is 0 Å². The van der Waals surface area contributed by atoms with Crippen molar-refractivity contribution in [3.05, 3.63) is 0 Å². The summed E-state index contributed by atoms with van der Waals surface area (Å²) in [5, 5.41) is 5.05. The monoisotopic (exact) mass is 242 g/mol. The van der Waals surface area contributed by atoms with Crippen LogP contribution in [0.4, 0.5) is 0 Å². The van der Waals surface area contributed by atoms with Gasteiger partial charge in [0.25, 0.3) is 0 Å². The van der Waals surface area contributed by atoms with Crippen LogP contribution in [0.2, 0.25) is 0 Å². The molecule has 4 N–H and O–H groups in total. The van der Waals surface area contributed by atoms with E-state index in [0.717, 1.165) is 0 Å². The van der Waals surface area contributed by atoms with Crippen LogP contribution in [0.25, 0.3) is 0 Å². The van der Waals surface area contributed by atoms with E-state index in [0.29, 0.717) is 13.1 Å². The predicted octanol–water partition coefficient (Wildman–Crippen LogP) is -2.20. The Morgan fingerprint density at radius 3 is 2.76 bits per heavy atom. The molecule has 0 unspecified atom stereocenters. The molecule has 0 aliphatic carbocycles. The summed E-state index contributed by atoms with van der Waals surface area (Å²) in [5.41, 5.74) is 4.22. The summed E-state index contributed by atoms with van der Waals surface area (Å²) in [5.74, 6) is -1.68. The summed E-state index contributed by atoms with van der Waals surface area (Å²) in [7, 11) is 0. The number of piperazine rings is 1. The molecule has 1 fully saturated rings. The number of carbonyl (C=O) groups excluding carboxylic acids is 3. The van der Waals surface area contributed by atoms with E-state index in [9.17, 15) is 14.4 Å². The normalized spacial score (nSPS) is 18.5. The van der Waals surface area contributed by atoms with Crippen LogP contribution in [0, 0.1) is 0 Å². The second-order valence-corrected chi connectivity index (χ2v) is 4.32. The number of amides is 3. The van der Waals surface area contributed by atoms with Gasteiger partial charge in [-0.3, -0.25) is 14.4 Å². The summed E-state index contributed by atoms with van der Waals surface area (Å²) < 4.78 is 0. The first-order valence-electron chi connectivity index (χ1n) is 5.49. The second-order valence-electron chi connectivity index (χ2n) is 4.32. The van der Waals surface area contributed by atoms with Gasteiger partial charge in [0, 0.05) is 26.2 Å². The number of nitrogens with zero attached hydrogens (tertiary/aromatic N) is 1. The Morgan fingerprint density at radius 2 is 2.18 bits per heavy atom. The zero-order chi connectivity index (χ0) is 13.1. The molecular weight excluding hydrogens is 224 g/mol. The lowest BCUT2D eigenvalue weighted by molar-refractivity contribution is -0.155. The first kappa shape index (κ1) is 13.4. The summed E-state index contributed by atoms with van der Waals surface area (Å²) >= 11 is 0. The van der Waals surface area contributed by atoms with Crippen molar-refractivity contribution in [3.63, 3.8) is 0 Å². The van der Waals surface area contributed by atoms with E-state index in [1.165, 1.54) is 4.90 Å². The third-order valence-electron chi connectivity index (χ3n) is 2.72. The molecule has 0 aromatic carbocycles. The van der Waals surface area contributed by atoms with Crippen LogP contribution >= 0.6 is 0 Å². The van der Waals surface area contributed by atoms with E-state index in [1.54, 1.807) is 13.8 Å². The van der Waals surface area contributed by atoms with Gasteiger partial charge in [-0.25, -0.2) is 0 Å². The van der Waals surface area contributed by atoms with Gasteiger partial charge in [0.1, 0.15) is 5.54 Å². The van der Waals surface area contributed by atoms with Crippen LogP contribution in [0.1, 0.15) is 13.8 Å². The average Bonchev–Trinajstić information content (AvgIpc) is 2.28. The first-order valence-corrected chi connectivity index (χ1v) is 5.49. The standard InChI is InChI=1S/C10H18N4O3/c1-10(2)9(17)13-5-6-14(10)8(16)7(15)12-4-3-11/h3-6,11H2,1-2H3,(H,12,15)(H,13,17). The maximum atomic E-state index is 11.9. The van der Waals surface area contributed by atoms with E-state index >= 15 is 0 Å². The van der Waals surface area contributed by atoms with E-state index in [2.05, 4.69) is 10.6 Å². The maximum absolute atomic E-state index is 11.9. The Labute approximate surface area is 99.7 Å². The number of hydrogen-bond acceptors (Lipinski definition) is 4. The topological polar surface area (TPSA) is 105 Å². The molecule has 0 radical (unpaired) electrons. The third-order valence-corrected chi connectivity index (χ3v) is 2.72. The molecule has 0 saturated carbocycles. The minimum atomic E-state index is -1.00. The Morgan fingerprint density at radius 1 is 1.53 bits per heavy atom. The number of rotatable bonds is 2. The zero-order valence-corrected chi connectivity index (χ0v) is 10.1. The number of carbonyl (C=O) groups is 3. The Bertz CT molecular complexity index is 340. The number of nitrogens with two attached hydrogens (primary N) is 1. The Kier molecular flexibility index (Phi) is 4.06. The van der Waals surface area contributed by atoms with Gasteiger partial charge >= 0.3 is 11.8 Å². The van der Waals surface area contributed by atoms with Crippen LogP contribution in [0.15, 0.2) is 0 Å². The molecule has 1 saturated heterocycles. The SMILES string of the molecule is CC1(C)C(=O)NCCN1C(=O)C(=O)NCCN. The molecule has 0 bridgehead atoms. The van der Waals surface area contributed by atoms with Crippen LogP contribution in [0.3, 0.4) is 0 Å². The fourth-order valence-electron chi connectivity index (χ4n) is 1.64. The van der Waals surface area contributed by atoms with Gasteiger partial charge in [-0.05, 0) is 13.8 Å². The van der Waals surface area contributed by atoms with Crippen molar-refractivity contribution in [1.82, 2.24) is 15.5 Å². The molecule has 7 nitrogen and oxygen atoms in total. The lowest BCUT2D eigenvalue weighted by atomic mass is 9.99. The number of hydrogen-bond donors (Lipinski definition) is 3. The highest BCUT2D eigenvalue weighted by Crippen LogP contribution is 2.17. The summed E-state index contributed by atoms with van der Waals surface area (Å²) in [6.07, 6.45) is 0. The molecule has 1 aliphatic rings. The van der Waals surface area contributed by atoms with Crippen LogP contribution in [-0.2, 0) is 14.4 Å². The number of nitrogens with one attached hydrogen (secondary N) is 2. The molecule has 3 amide bonds. The highest BCUT2D eigenvalue weighted by atomic mass is 16.2. The molecule has 0 atom stereocenters. The lowest BCUT2D eigenvalue weighted by Crippen LogP contribution is -2.65. The quantitative estimate of drug-likeness (QED) is 0.478. The van der Waals surface area contributed by atoms with Crippen molar-refractivity contribution < 1.29 is 14.4 Å². The van der Waals surface area contributed by atoms with E-state index in [1.807, 2.05) is 0 Å². The van der Waals surface area contributed by atoms with Gasteiger partial charge < -0.3 is 21.3 Å². The molecule has 1 heterocycles. The Hall–Kier alpha value is -1.63. The minimum absolute atomic E-state index is 0.241. The van der Waals surface area contributed by atoms with Gasteiger partial charge in [0.05, 0.1) is 0 Å². The Balaban J connectivity index is 2.74. The fraction of sp³-hybridized carbons (Fsp3) is 0.700. The van der Waals surface area contributed by atoms with E-state index in [-0.39, 0.29) is 19.0 Å². The first-order chi connectivity index (χ1) is 7.91. The van der Waals surface area contributed by atoms with Crippen LogP contribution in [-0.4, -0.2) is 54.3 Å². The largest absolute Gasteiger partial charge is 0.352 e. The molecule has 0 spiro atoms. The van der Waals surface area contributed by atoms with E-state index < -0.39 is 17.4 Å². The highest BCUT2D eigenvalue weighted by Gasteiger charge is 2.42. The van der Waals surface area contributed by atoms with Crippen molar-refractivity contribution in [2.24, 2.45) is 5.73 Å². The predicted molar refractivity (Wildman–Crippen MR) is 60.9 cm³/mol. The average molecular weight is 242 g/mol. The van der Waals surface area contributed by atoms with Crippen molar-refractivity contribution in [1.29, 1.82) is 0 Å². The molecule has 7 heteroatoms. The maximum Gasteiger partial charge on any atom is 0.312 e. The van der Waals surface area contributed by atoms with Crippen LogP contribution < -0.4 is 16.4 Å². The second kappa shape index (κ2) is 5.13. The van der Waals surface area contributed by atoms with Crippen molar-refractivity contribution in [2.75, 3.05) is 26.2 Å². The molecule has 17 heavy (non-hydrogen) atoms. The van der Waals surface area contributed by atoms with Crippen LogP contribution in [0.5, 0.6) is 0 Å². The molecule has 1 aliphatic heterocycles. The zero-order valence-electron chi connectivity index (χ0n) is 10.1. The molecule has 0 aromatic rings. The van der Waals surface area contributed by atoms with Gasteiger partial charge in [0.2, 0.25) is 5.91 Å². The minimum Gasteiger partial charge on any atom is -0.352 e. The highest BCUT2D eigenvalue weighted by molar-refractivity contribution is 6.35. The van der Waals surface area contributed by atoms with Crippen molar-refractivity contribution >= 4 is 17.7 Å². The molecule has 96 valence electrons.